The third-order valence-electron chi connectivity index (χ3n) is 1.70. The highest BCUT2D eigenvalue weighted by Gasteiger charge is 2.12. The minimum Gasteiger partial charge on any atom is -0.450 e. The molecule has 0 bridgehead atoms. The molecule has 0 aliphatic carbocycles. The molecule has 21 heavy (non-hydrogen) atoms. The third kappa shape index (κ3) is 8.05. The van der Waals surface area contributed by atoms with Gasteiger partial charge in [-0.3, -0.25) is 4.79 Å². The molecule has 0 saturated heterocycles. The summed E-state index contributed by atoms with van der Waals surface area (Å²) < 4.78 is 26.2. The fraction of sp³-hybridized carbons (Fsp3) is 0.100. The van der Waals surface area contributed by atoms with Crippen LogP contribution in [0.25, 0.3) is 0 Å². The van der Waals surface area contributed by atoms with E-state index in [1.807, 2.05) is 0 Å². The maximum Gasteiger partial charge on any atom is 0.503 e. The van der Waals surface area contributed by atoms with Crippen molar-refractivity contribution >= 4 is 33.7 Å². The summed E-state index contributed by atoms with van der Waals surface area (Å²) in [5, 5.41) is 16.4. The molecule has 1 rings (SSSR count). The van der Waals surface area contributed by atoms with E-state index in [-0.39, 0.29) is 10.8 Å². The number of amides is 1. The summed E-state index contributed by atoms with van der Waals surface area (Å²) in [4.78, 5) is 19.3. The molecule has 0 saturated carbocycles. The predicted molar refractivity (Wildman–Crippen MR) is 74.4 cm³/mol. The average molecular weight is 318 g/mol. The van der Waals surface area contributed by atoms with Gasteiger partial charge in [-0.1, -0.05) is 0 Å². The van der Waals surface area contributed by atoms with Crippen LogP contribution in [0.1, 0.15) is 6.92 Å². The van der Waals surface area contributed by atoms with E-state index in [0.29, 0.717) is 5.69 Å². The van der Waals surface area contributed by atoms with Crippen molar-refractivity contribution in [1.82, 2.24) is 0 Å². The topological polar surface area (TPSA) is 185 Å². The number of nitrogens with one attached hydrogen (secondary N) is 1. The Morgan fingerprint density at radius 1 is 1.14 bits per heavy atom. The van der Waals surface area contributed by atoms with Crippen LogP contribution in [0.5, 0.6) is 0 Å². The lowest BCUT2D eigenvalue weighted by Crippen LogP contribution is -2.24. The van der Waals surface area contributed by atoms with Crippen LogP contribution in [0.4, 0.5) is 10.5 Å². The zero-order valence-corrected chi connectivity index (χ0v) is 11.7. The number of benzene rings is 1. The van der Waals surface area contributed by atoms with E-state index in [9.17, 15) is 13.2 Å². The van der Waals surface area contributed by atoms with Crippen LogP contribution in [0.2, 0.25) is 0 Å². The maximum absolute atomic E-state index is 11.5. The second kappa shape index (κ2) is 7.69. The standard InChI is InChI=1S/C9H12N4O3S.CH2O3/c1-6(14)12-7-2-4-8(5-3-7)17(15,16)13-9(10)11;2-1(3)4/h2-5H,1H3,(H,12,14)(H4,10,11,13);(H2,2,3,4). The fourth-order valence-electron chi connectivity index (χ4n) is 1.10. The first-order valence-electron chi connectivity index (χ1n) is 5.20. The number of anilines is 1. The lowest BCUT2D eigenvalue weighted by Gasteiger charge is -2.03. The van der Waals surface area contributed by atoms with Gasteiger partial charge in [0.25, 0.3) is 10.0 Å². The number of hydrogen-bond donors (Lipinski definition) is 5. The van der Waals surface area contributed by atoms with Gasteiger partial charge >= 0.3 is 6.16 Å². The van der Waals surface area contributed by atoms with Crippen molar-refractivity contribution < 1.29 is 28.2 Å². The molecule has 0 spiro atoms. The number of sulfonamides is 1. The van der Waals surface area contributed by atoms with Crippen LogP contribution in [-0.2, 0) is 14.8 Å². The van der Waals surface area contributed by atoms with Crippen molar-refractivity contribution in [3.05, 3.63) is 24.3 Å². The minimum absolute atomic E-state index is 0.0556. The van der Waals surface area contributed by atoms with Gasteiger partial charge in [0.2, 0.25) is 11.9 Å². The number of rotatable bonds is 3. The van der Waals surface area contributed by atoms with Gasteiger partial charge < -0.3 is 27.0 Å². The lowest BCUT2D eigenvalue weighted by molar-refractivity contribution is -0.114. The molecule has 0 heterocycles. The molecule has 0 fully saturated rings. The molecule has 0 atom stereocenters. The summed E-state index contributed by atoms with van der Waals surface area (Å²) in [7, 11) is -3.88. The van der Waals surface area contributed by atoms with Crippen molar-refractivity contribution in [1.29, 1.82) is 0 Å². The van der Waals surface area contributed by atoms with E-state index in [1.54, 1.807) is 0 Å². The van der Waals surface area contributed by atoms with Crippen molar-refractivity contribution in [2.75, 3.05) is 5.32 Å². The largest absolute Gasteiger partial charge is 0.503 e. The molecule has 0 unspecified atom stereocenters. The van der Waals surface area contributed by atoms with E-state index in [0.717, 1.165) is 0 Å². The van der Waals surface area contributed by atoms with Gasteiger partial charge in [0.05, 0.1) is 4.90 Å². The molecule has 1 aromatic carbocycles. The third-order valence-corrected chi connectivity index (χ3v) is 3.02. The van der Waals surface area contributed by atoms with Gasteiger partial charge in [0.15, 0.2) is 0 Å². The summed E-state index contributed by atoms with van der Waals surface area (Å²) in [5.41, 5.74) is 10.5. The Labute approximate surface area is 120 Å². The molecule has 10 nitrogen and oxygen atoms in total. The molecular formula is C10H14N4O6S. The van der Waals surface area contributed by atoms with Crippen LogP contribution in [0, 0.1) is 0 Å². The Morgan fingerprint density at radius 2 is 1.57 bits per heavy atom. The average Bonchev–Trinajstić information content (AvgIpc) is 2.26. The molecule has 1 amide bonds. The van der Waals surface area contributed by atoms with Crippen molar-refractivity contribution in [3.63, 3.8) is 0 Å². The van der Waals surface area contributed by atoms with Crippen LogP contribution in [0.3, 0.4) is 0 Å². The quantitative estimate of drug-likeness (QED) is 0.375. The van der Waals surface area contributed by atoms with E-state index in [4.69, 9.17) is 26.5 Å². The number of hydrogen-bond acceptors (Lipinski definition) is 4. The Balaban J connectivity index is 0.000000885. The Kier molecular flexibility index (Phi) is 6.66. The second-order valence-electron chi connectivity index (χ2n) is 3.48. The van der Waals surface area contributed by atoms with E-state index < -0.39 is 22.1 Å². The Hall–Kier alpha value is -2.82. The van der Waals surface area contributed by atoms with Crippen LogP contribution in [0.15, 0.2) is 33.6 Å². The van der Waals surface area contributed by atoms with Crippen molar-refractivity contribution in [2.45, 2.75) is 11.8 Å². The lowest BCUT2D eigenvalue weighted by atomic mass is 10.3. The smallest absolute Gasteiger partial charge is 0.450 e. The number of nitrogens with two attached hydrogens (primary N) is 2. The minimum atomic E-state index is -3.88. The molecular weight excluding hydrogens is 304 g/mol. The summed E-state index contributed by atoms with van der Waals surface area (Å²) in [6.07, 6.45) is -1.83. The summed E-state index contributed by atoms with van der Waals surface area (Å²) in [6.45, 7) is 1.35. The summed E-state index contributed by atoms with van der Waals surface area (Å²) in [5.74, 6) is -0.777. The van der Waals surface area contributed by atoms with Gasteiger partial charge in [0, 0.05) is 12.6 Å². The Bertz CT molecular complexity index is 630. The van der Waals surface area contributed by atoms with Crippen LogP contribution < -0.4 is 16.8 Å². The first kappa shape index (κ1) is 18.2. The second-order valence-corrected chi connectivity index (χ2v) is 5.08. The summed E-state index contributed by atoms with van der Waals surface area (Å²) in [6, 6.07) is 5.48. The molecule has 0 aliphatic heterocycles. The molecule has 11 heteroatoms. The molecule has 7 N–H and O–H groups in total. The van der Waals surface area contributed by atoms with Gasteiger partial charge in [-0.05, 0) is 24.3 Å². The first-order chi connectivity index (χ1) is 9.54. The van der Waals surface area contributed by atoms with E-state index in [1.165, 1.54) is 31.2 Å². The zero-order valence-electron chi connectivity index (χ0n) is 10.8. The number of nitrogens with zero attached hydrogens (tertiary/aromatic N) is 1. The highest BCUT2D eigenvalue weighted by Crippen LogP contribution is 2.15. The number of carbonyl (C=O) groups excluding carboxylic acids is 1. The molecule has 0 aromatic heterocycles. The van der Waals surface area contributed by atoms with Crippen LogP contribution in [-0.4, -0.2) is 36.7 Å². The Morgan fingerprint density at radius 3 is 1.90 bits per heavy atom. The SMILES string of the molecule is CC(=O)Nc1ccc(S(=O)(=O)N=C(N)N)cc1.O=C(O)O. The molecule has 0 radical (unpaired) electrons. The molecule has 116 valence electrons. The molecule has 0 aliphatic rings. The normalized spacial score (nSPS) is 9.76. The van der Waals surface area contributed by atoms with Gasteiger partial charge in [0.1, 0.15) is 0 Å². The molecule has 1 aromatic rings. The van der Waals surface area contributed by atoms with Gasteiger partial charge in [-0.25, -0.2) is 4.79 Å². The monoisotopic (exact) mass is 318 g/mol. The highest BCUT2D eigenvalue weighted by atomic mass is 32.2. The summed E-state index contributed by atoms with van der Waals surface area (Å²) >= 11 is 0. The predicted octanol–water partition coefficient (Wildman–Crippen LogP) is -0.170. The first-order valence-corrected chi connectivity index (χ1v) is 6.64. The van der Waals surface area contributed by atoms with Gasteiger partial charge in [-0.2, -0.15) is 8.42 Å². The van der Waals surface area contributed by atoms with Gasteiger partial charge in [-0.15, -0.1) is 4.40 Å². The number of carbonyl (C=O) groups is 2. The zero-order chi connectivity index (χ0) is 16.6. The number of carboxylic acid groups (broad SMARTS) is 2. The maximum atomic E-state index is 11.5. The highest BCUT2D eigenvalue weighted by molar-refractivity contribution is 7.90. The van der Waals surface area contributed by atoms with Crippen molar-refractivity contribution in [2.24, 2.45) is 15.9 Å². The van der Waals surface area contributed by atoms with E-state index >= 15 is 0 Å². The van der Waals surface area contributed by atoms with Crippen molar-refractivity contribution in [3.8, 4) is 0 Å². The van der Waals surface area contributed by atoms with Crippen LogP contribution >= 0.6 is 0 Å². The van der Waals surface area contributed by atoms with E-state index in [2.05, 4.69) is 9.71 Å². The number of guanidine groups is 1. The fourth-order valence-corrected chi connectivity index (χ4v) is 1.97.